The molecule has 0 heterocycles. The SMILES string of the molecule is CN(C)[C@H](C(N)=O)C(C)(C)c1ccccc1. The van der Waals surface area contributed by atoms with E-state index in [9.17, 15) is 4.79 Å². The van der Waals surface area contributed by atoms with Crippen LogP contribution in [-0.2, 0) is 10.2 Å². The average Bonchev–Trinajstić information content (AvgIpc) is 2.17. The molecule has 1 rings (SSSR count). The van der Waals surface area contributed by atoms with Crippen molar-refractivity contribution in [1.82, 2.24) is 4.90 Å². The van der Waals surface area contributed by atoms with Crippen LogP contribution in [0.5, 0.6) is 0 Å². The quantitative estimate of drug-likeness (QED) is 0.833. The number of hydrogen-bond acceptors (Lipinski definition) is 2. The molecule has 2 N–H and O–H groups in total. The average molecular weight is 220 g/mol. The van der Waals surface area contributed by atoms with E-state index in [1.165, 1.54) is 0 Å². The number of likely N-dealkylation sites (N-methyl/N-ethyl adjacent to an activating group) is 1. The maximum absolute atomic E-state index is 11.5. The second-order valence-corrected chi connectivity index (χ2v) is 4.86. The fourth-order valence-corrected chi connectivity index (χ4v) is 2.28. The molecular weight excluding hydrogens is 200 g/mol. The van der Waals surface area contributed by atoms with Crippen molar-refractivity contribution in [3.63, 3.8) is 0 Å². The first-order valence-electron chi connectivity index (χ1n) is 5.38. The summed E-state index contributed by atoms with van der Waals surface area (Å²) in [5.41, 5.74) is 6.30. The van der Waals surface area contributed by atoms with Gasteiger partial charge >= 0.3 is 0 Å². The summed E-state index contributed by atoms with van der Waals surface area (Å²) in [6.45, 7) is 4.08. The van der Waals surface area contributed by atoms with Crippen LogP contribution in [-0.4, -0.2) is 30.9 Å². The summed E-state index contributed by atoms with van der Waals surface area (Å²) in [7, 11) is 3.75. The van der Waals surface area contributed by atoms with Crippen molar-refractivity contribution in [1.29, 1.82) is 0 Å². The van der Waals surface area contributed by atoms with Crippen molar-refractivity contribution in [2.24, 2.45) is 5.73 Å². The van der Waals surface area contributed by atoms with Crippen LogP contribution in [0.4, 0.5) is 0 Å². The lowest BCUT2D eigenvalue weighted by atomic mass is 9.77. The van der Waals surface area contributed by atoms with Crippen molar-refractivity contribution in [2.45, 2.75) is 25.3 Å². The number of primary amides is 1. The zero-order valence-electron chi connectivity index (χ0n) is 10.4. The molecule has 1 atom stereocenters. The Morgan fingerprint density at radius 1 is 1.25 bits per heavy atom. The van der Waals surface area contributed by atoms with Crippen LogP contribution >= 0.6 is 0 Å². The summed E-state index contributed by atoms with van der Waals surface area (Å²) in [6.07, 6.45) is 0. The molecule has 0 radical (unpaired) electrons. The normalized spacial score (nSPS) is 13.8. The fraction of sp³-hybridized carbons (Fsp3) is 0.462. The highest BCUT2D eigenvalue weighted by molar-refractivity contribution is 5.81. The van der Waals surface area contributed by atoms with E-state index in [0.717, 1.165) is 5.56 Å². The van der Waals surface area contributed by atoms with Gasteiger partial charge in [-0.2, -0.15) is 0 Å². The molecule has 3 nitrogen and oxygen atoms in total. The lowest BCUT2D eigenvalue weighted by Gasteiger charge is -2.36. The van der Waals surface area contributed by atoms with Crippen LogP contribution in [0.1, 0.15) is 19.4 Å². The van der Waals surface area contributed by atoms with Gasteiger partial charge in [0, 0.05) is 5.41 Å². The van der Waals surface area contributed by atoms with Gasteiger partial charge in [-0.1, -0.05) is 44.2 Å². The van der Waals surface area contributed by atoms with Gasteiger partial charge in [0.25, 0.3) is 0 Å². The highest BCUT2D eigenvalue weighted by atomic mass is 16.1. The molecule has 16 heavy (non-hydrogen) atoms. The van der Waals surface area contributed by atoms with E-state index in [4.69, 9.17) is 5.73 Å². The molecule has 0 aromatic heterocycles. The molecule has 1 aromatic rings. The van der Waals surface area contributed by atoms with Gasteiger partial charge in [-0.05, 0) is 19.7 Å². The predicted octanol–water partition coefficient (Wildman–Crippen LogP) is 1.38. The summed E-state index contributed by atoms with van der Waals surface area (Å²) in [5.74, 6) is -0.293. The van der Waals surface area contributed by atoms with E-state index in [1.807, 2.05) is 63.2 Å². The molecule has 0 bridgehead atoms. The van der Waals surface area contributed by atoms with Gasteiger partial charge in [-0.15, -0.1) is 0 Å². The van der Waals surface area contributed by atoms with Crippen LogP contribution in [0.2, 0.25) is 0 Å². The van der Waals surface area contributed by atoms with E-state index < -0.39 is 0 Å². The number of amides is 1. The van der Waals surface area contributed by atoms with Crippen molar-refractivity contribution >= 4 is 5.91 Å². The lowest BCUT2D eigenvalue weighted by Crippen LogP contribution is -2.52. The largest absolute Gasteiger partial charge is 0.368 e. The third kappa shape index (κ3) is 2.42. The lowest BCUT2D eigenvalue weighted by molar-refractivity contribution is -0.124. The minimum absolute atomic E-state index is 0.293. The Morgan fingerprint density at radius 3 is 2.12 bits per heavy atom. The molecule has 3 heteroatoms. The Bertz CT molecular complexity index is 357. The zero-order chi connectivity index (χ0) is 12.3. The molecular formula is C13H20N2O. The molecule has 1 amide bonds. The fourth-order valence-electron chi connectivity index (χ4n) is 2.28. The van der Waals surface area contributed by atoms with E-state index in [2.05, 4.69) is 0 Å². The Kier molecular flexibility index (Phi) is 3.70. The van der Waals surface area contributed by atoms with Crippen LogP contribution in [0.25, 0.3) is 0 Å². The van der Waals surface area contributed by atoms with Crippen molar-refractivity contribution < 1.29 is 4.79 Å². The summed E-state index contributed by atoms with van der Waals surface area (Å²) < 4.78 is 0. The van der Waals surface area contributed by atoms with Gasteiger partial charge in [0.2, 0.25) is 5.91 Å². The van der Waals surface area contributed by atoms with Gasteiger partial charge in [0.05, 0.1) is 6.04 Å². The standard InChI is InChI=1S/C13H20N2O/c1-13(2,10-8-6-5-7-9-10)11(12(14)16)15(3)4/h5-9,11H,1-4H3,(H2,14,16)/t11-/m1/s1. The number of hydrogen-bond donors (Lipinski definition) is 1. The molecule has 0 aliphatic heterocycles. The molecule has 88 valence electrons. The molecule has 0 spiro atoms. The summed E-state index contributed by atoms with van der Waals surface area (Å²) in [6, 6.07) is 9.66. The smallest absolute Gasteiger partial charge is 0.235 e. The molecule has 0 saturated carbocycles. The van der Waals surface area contributed by atoms with Gasteiger partial charge < -0.3 is 5.73 Å². The third-order valence-corrected chi connectivity index (χ3v) is 2.99. The first kappa shape index (κ1) is 12.7. The first-order chi connectivity index (χ1) is 7.37. The van der Waals surface area contributed by atoms with Crippen LogP contribution in [0, 0.1) is 0 Å². The first-order valence-corrected chi connectivity index (χ1v) is 5.38. The van der Waals surface area contributed by atoms with Crippen LogP contribution in [0.15, 0.2) is 30.3 Å². The number of nitrogens with two attached hydrogens (primary N) is 1. The monoisotopic (exact) mass is 220 g/mol. The summed E-state index contributed by atoms with van der Waals surface area (Å²) in [4.78, 5) is 13.4. The summed E-state index contributed by atoms with van der Waals surface area (Å²) in [5, 5.41) is 0. The topological polar surface area (TPSA) is 46.3 Å². The maximum Gasteiger partial charge on any atom is 0.235 e. The summed E-state index contributed by atoms with van der Waals surface area (Å²) >= 11 is 0. The highest BCUT2D eigenvalue weighted by Crippen LogP contribution is 2.29. The molecule has 0 aliphatic carbocycles. The van der Waals surface area contributed by atoms with E-state index in [1.54, 1.807) is 0 Å². The Morgan fingerprint density at radius 2 is 1.75 bits per heavy atom. The number of carbonyl (C=O) groups excluding carboxylic acids is 1. The van der Waals surface area contributed by atoms with Gasteiger partial charge in [-0.25, -0.2) is 0 Å². The maximum atomic E-state index is 11.5. The second-order valence-electron chi connectivity index (χ2n) is 4.86. The minimum atomic E-state index is -0.310. The Labute approximate surface area is 97.2 Å². The number of carbonyl (C=O) groups is 1. The molecule has 0 unspecified atom stereocenters. The van der Waals surface area contributed by atoms with Crippen molar-refractivity contribution in [3.05, 3.63) is 35.9 Å². The third-order valence-electron chi connectivity index (χ3n) is 2.99. The Hall–Kier alpha value is -1.35. The molecule has 0 saturated heterocycles. The van der Waals surface area contributed by atoms with Gasteiger partial charge in [0.15, 0.2) is 0 Å². The van der Waals surface area contributed by atoms with E-state index in [-0.39, 0.29) is 17.4 Å². The minimum Gasteiger partial charge on any atom is -0.368 e. The Balaban J connectivity index is 3.13. The number of benzene rings is 1. The molecule has 0 aliphatic rings. The molecule has 0 fully saturated rings. The number of rotatable bonds is 4. The highest BCUT2D eigenvalue weighted by Gasteiger charge is 2.36. The zero-order valence-corrected chi connectivity index (χ0v) is 10.4. The number of nitrogens with zero attached hydrogens (tertiary/aromatic N) is 1. The molecule has 1 aromatic carbocycles. The van der Waals surface area contributed by atoms with Crippen LogP contribution < -0.4 is 5.73 Å². The van der Waals surface area contributed by atoms with E-state index in [0.29, 0.717) is 0 Å². The van der Waals surface area contributed by atoms with Crippen molar-refractivity contribution in [3.8, 4) is 0 Å². The van der Waals surface area contributed by atoms with E-state index >= 15 is 0 Å². The predicted molar refractivity (Wildman–Crippen MR) is 66.1 cm³/mol. The second kappa shape index (κ2) is 4.66. The van der Waals surface area contributed by atoms with Gasteiger partial charge in [0.1, 0.15) is 0 Å². The van der Waals surface area contributed by atoms with Crippen LogP contribution in [0.3, 0.4) is 0 Å². The van der Waals surface area contributed by atoms with Crippen molar-refractivity contribution in [2.75, 3.05) is 14.1 Å². The van der Waals surface area contributed by atoms with Gasteiger partial charge in [-0.3, -0.25) is 9.69 Å².